The van der Waals surface area contributed by atoms with Gasteiger partial charge in [-0.1, -0.05) is 13.8 Å². The monoisotopic (exact) mass is 191 g/mol. The largest absolute Gasteiger partial charge is 0.338 e. The molecule has 1 unspecified atom stereocenters. The molecule has 0 saturated carbocycles. The number of nitrogens with zero attached hydrogens (tertiary/aromatic N) is 1. The summed E-state index contributed by atoms with van der Waals surface area (Å²) in [6.45, 7) is 15.0. The minimum atomic E-state index is -0.399. The molecule has 0 saturated heterocycles. The van der Waals surface area contributed by atoms with E-state index in [4.69, 9.17) is 4.52 Å². The van der Waals surface area contributed by atoms with E-state index in [1.54, 1.807) is 0 Å². The van der Waals surface area contributed by atoms with Crippen LogP contribution in [0.5, 0.6) is 0 Å². The van der Waals surface area contributed by atoms with E-state index in [1.807, 2.05) is 0 Å². The van der Waals surface area contributed by atoms with Crippen LogP contribution in [0.4, 0.5) is 0 Å². The maximum absolute atomic E-state index is 5.87. The van der Waals surface area contributed by atoms with Crippen LogP contribution in [-0.4, -0.2) is 30.0 Å². The molecule has 0 fully saturated rings. The van der Waals surface area contributed by atoms with Gasteiger partial charge in [-0.05, 0) is 27.4 Å². The molecule has 74 valence electrons. The molecular formula is C9H22NOP. The summed E-state index contributed by atoms with van der Waals surface area (Å²) >= 11 is 0. The first-order chi connectivity index (χ1) is 5.40. The van der Waals surface area contributed by atoms with E-state index in [0.717, 1.165) is 13.1 Å². The van der Waals surface area contributed by atoms with Crippen molar-refractivity contribution in [1.29, 1.82) is 0 Å². The molecule has 2 nitrogen and oxygen atoms in total. The highest BCUT2D eigenvalue weighted by molar-refractivity contribution is 7.49. The third kappa shape index (κ3) is 5.08. The van der Waals surface area contributed by atoms with Crippen LogP contribution in [0.15, 0.2) is 0 Å². The topological polar surface area (TPSA) is 12.5 Å². The summed E-state index contributed by atoms with van der Waals surface area (Å²) in [7, 11) is -0.399. The predicted molar refractivity (Wildman–Crippen MR) is 56.6 cm³/mol. The first kappa shape index (κ1) is 12.3. The van der Waals surface area contributed by atoms with Crippen molar-refractivity contribution in [3.63, 3.8) is 0 Å². The summed E-state index contributed by atoms with van der Waals surface area (Å²) < 4.78 is 8.23. The Balaban J connectivity index is 3.92. The van der Waals surface area contributed by atoms with Crippen LogP contribution >= 0.6 is 8.30 Å². The highest BCUT2D eigenvalue weighted by Gasteiger charge is 2.18. The average molecular weight is 191 g/mol. The van der Waals surface area contributed by atoms with Gasteiger partial charge in [0, 0.05) is 13.1 Å². The van der Waals surface area contributed by atoms with E-state index in [1.165, 1.54) is 0 Å². The molecule has 0 aromatic rings. The third-order valence-corrected chi connectivity index (χ3v) is 3.71. The summed E-state index contributed by atoms with van der Waals surface area (Å²) in [6, 6.07) is 0. The van der Waals surface area contributed by atoms with Gasteiger partial charge in [-0.15, -0.1) is 0 Å². The average Bonchev–Trinajstić information content (AvgIpc) is 1.85. The zero-order valence-electron chi connectivity index (χ0n) is 9.22. The van der Waals surface area contributed by atoms with Crippen LogP contribution in [0.2, 0.25) is 0 Å². The summed E-state index contributed by atoms with van der Waals surface area (Å²) in [5, 5.41) is 0. The van der Waals surface area contributed by atoms with Crippen LogP contribution in [0.25, 0.3) is 0 Å². The fraction of sp³-hybridized carbons (Fsp3) is 1.00. The van der Waals surface area contributed by atoms with Crippen molar-refractivity contribution in [3.8, 4) is 0 Å². The van der Waals surface area contributed by atoms with Gasteiger partial charge in [0.1, 0.15) is 8.30 Å². The van der Waals surface area contributed by atoms with Crippen LogP contribution in [0, 0.1) is 0 Å². The molecule has 0 aliphatic heterocycles. The molecule has 0 heterocycles. The Morgan fingerprint density at radius 2 is 1.58 bits per heavy atom. The third-order valence-electron chi connectivity index (χ3n) is 1.53. The second kappa shape index (κ2) is 5.16. The van der Waals surface area contributed by atoms with E-state index in [-0.39, 0.29) is 5.60 Å². The molecule has 12 heavy (non-hydrogen) atoms. The lowest BCUT2D eigenvalue weighted by molar-refractivity contribution is 0.138. The van der Waals surface area contributed by atoms with Gasteiger partial charge in [0.2, 0.25) is 0 Å². The summed E-state index contributed by atoms with van der Waals surface area (Å²) in [5.74, 6) is 0. The van der Waals surface area contributed by atoms with Crippen LogP contribution in [-0.2, 0) is 4.52 Å². The minimum absolute atomic E-state index is 0.0109. The van der Waals surface area contributed by atoms with Crippen LogP contribution in [0.1, 0.15) is 34.6 Å². The molecule has 0 bridgehead atoms. The number of rotatable bonds is 4. The van der Waals surface area contributed by atoms with Crippen LogP contribution in [0.3, 0.4) is 0 Å². The van der Waals surface area contributed by atoms with Gasteiger partial charge in [0.15, 0.2) is 0 Å². The van der Waals surface area contributed by atoms with Gasteiger partial charge in [0.05, 0.1) is 5.60 Å². The lowest BCUT2D eigenvalue weighted by Gasteiger charge is -2.31. The minimum Gasteiger partial charge on any atom is -0.338 e. The molecule has 0 aromatic heterocycles. The van der Waals surface area contributed by atoms with Crippen molar-refractivity contribution in [1.82, 2.24) is 4.67 Å². The highest BCUT2D eigenvalue weighted by Crippen LogP contribution is 2.40. The Morgan fingerprint density at radius 1 is 1.17 bits per heavy atom. The molecule has 0 spiro atoms. The molecule has 0 aliphatic rings. The molecule has 0 N–H and O–H groups in total. The predicted octanol–water partition coefficient (Wildman–Crippen LogP) is 3.09. The van der Waals surface area contributed by atoms with E-state index < -0.39 is 8.30 Å². The first-order valence-corrected chi connectivity index (χ1v) is 6.24. The fourth-order valence-electron chi connectivity index (χ4n) is 1.08. The Morgan fingerprint density at radius 3 is 1.83 bits per heavy atom. The molecule has 0 amide bonds. The summed E-state index contributed by atoms with van der Waals surface area (Å²) in [6.07, 6.45) is 0. The van der Waals surface area contributed by atoms with Gasteiger partial charge in [-0.3, -0.25) is 4.67 Å². The van der Waals surface area contributed by atoms with Crippen molar-refractivity contribution in [2.45, 2.75) is 40.2 Å². The fourth-order valence-corrected chi connectivity index (χ4v) is 2.78. The maximum atomic E-state index is 5.87. The zero-order valence-corrected chi connectivity index (χ0v) is 10.1. The van der Waals surface area contributed by atoms with Gasteiger partial charge in [-0.25, -0.2) is 0 Å². The van der Waals surface area contributed by atoms with Crippen molar-refractivity contribution in [2.24, 2.45) is 0 Å². The molecular weight excluding hydrogens is 169 g/mol. The van der Waals surface area contributed by atoms with Crippen molar-refractivity contribution >= 4 is 8.30 Å². The van der Waals surface area contributed by atoms with E-state index >= 15 is 0 Å². The molecule has 0 rings (SSSR count). The Kier molecular flexibility index (Phi) is 5.31. The van der Waals surface area contributed by atoms with E-state index in [9.17, 15) is 0 Å². The lowest BCUT2D eigenvalue weighted by atomic mass is 10.2. The molecule has 3 heteroatoms. The molecule has 0 aliphatic carbocycles. The lowest BCUT2D eigenvalue weighted by Crippen LogP contribution is -2.24. The first-order valence-electron chi connectivity index (χ1n) is 4.58. The van der Waals surface area contributed by atoms with Gasteiger partial charge in [0.25, 0.3) is 0 Å². The second-order valence-electron chi connectivity index (χ2n) is 3.81. The van der Waals surface area contributed by atoms with Crippen molar-refractivity contribution in [2.75, 3.05) is 19.8 Å². The SMILES string of the molecule is CCN(CC)P(C)OC(C)(C)C. The smallest absolute Gasteiger partial charge is 0.101 e. The standard InChI is InChI=1S/C9H22NOP/c1-7-10(8-2)12(6)11-9(3,4)5/h7-8H2,1-6H3. The van der Waals surface area contributed by atoms with Crippen molar-refractivity contribution in [3.05, 3.63) is 0 Å². The quantitative estimate of drug-likeness (QED) is 0.633. The Labute approximate surface area is 78.2 Å². The highest BCUT2D eigenvalue weighted by atomic mass is 31.2. The van der Waals surface area contributed by atoms with Crippen LogP contribution < -0.4 is 0 Å². The van der Waals surface area contributed by atoms with Gasteiger partial charge < -0.3 is 4.52 Å². The second-order valence-corrected chi connectivity index (χ2v) is 5.48. The maximum Gasteiger partial charge on any atom is 0.101 e. The summed E-state index contributed by atoms with van der Waals surface area (Å²) in [5.41, 5.74) is -0.0109. The van der Waals surface area contributed by atoms with E-state index in [0.29, 0.717) is 0 Å². The normalized spacial score (nSPS) is 15.2. The van der Waals surface area contributed by atoms with Gasteiger partial charge in [-0.2, -0.15) is 0 Å². The van der Waals surface area contributed by atoms with Gasteiger partial charge >= 0.3 is 0 Å². The van der Waals surface area contributed by atoms with E-state index in [2.05, 4.69) is 46.0 Å². The molecule has 0 aromatic carbocycles. The molecule has 1 atom stereocenters. The Bertz CT molecular complexity index is 118. The molecule has 0 radical (unpaired) electrons. The van der Waals surface area contributed by atoms with Crippen molar-refractivity contribution < 1.29 is 4.52 Å². The Hall–Kier alpha value is 0.350. The zero-order chi connectivity index (χ0) is 9.78. The summed E-state index contributed by atoms with van der Waals surface area (Å²) in [4.78, 5) is 0. The number of hydrogen-bond acceptors (Lipinski definition) is 2. The number of hydrogen-bond donors (Lipinski definition) is 0.